The monoisotopic (exact) mass is 399 g/mol. The van der Waals surface area contributed by atoms with Gasteiger partial charge in [-0.2, -0.15) is 13.2 Å². The summed E-state index contributed by atoms with van der Waals surface area (Å²) in [6.45, 7) is -1.39. The van der Waals surface area contributed by atoms with Gasteiger partial charge in [0.25, 0.3) is 11.8 Å². The fourth-order valence-electron chi connectivity index (χ4n) is 2.06. The summed E-state index contributed by atoms with van der Waals surface area (Å²) in [5.74, 6) is -1.74. The number of para-hydroxylation sites is 1. The van der Waals surface area contributed by atoms with E-state index >= 15 is 0 Å². The lowest BCUT2D eigenvalue weighted by atomic mass is 10.1. The largest absolute Gasteiger partial charge is 0.405 e. The molecule has 0 saturated heterocycles. The molecule has 6 nitrogen and oxygen atoms in total. The number of nitrogens with one attached hydrogen (secondary N) is 3. The molecule has 2 aromatic rings. The predicted octanol–water partition coefficient (Wildman–Crippen LogP) is 2.80. The van der Waals surface area contributed by atoms with Gasteiger partial charge in [-0.1, -0.05) is 18.2 Å². The molecule has 0 aliphatic carbocycles. The number of halogens is 3. The topological polar surface area (TPSA) is 87.3 Å². The predicted molar refractivity (Wildman–Crippen MR) is 94.7 cm³/mol. The van der Waals surface area contributed by atoms with Gasteiger partial charge >= 0.3 is 6.18 Å². The Labute approximate surface area is 156 Å². The van der Waals surface area contributed by atoms with Gasteiger partial charge in [-0.25, -0.2) is 0 Å². The van der Waals surface area contributed by atoms with Gasteiger partial charge in [0.15, 0.2) is 0 Å². The van der Waals surface area contributed by atoms with Gasteiger partial charge in [-0.15, -0.1) is 11.3 Å². The number of hydrogen-bond donors (Lipinski definition) is 3. The minimum Gasteiger partial charge on any atom is -0.351 e. The first-order valence-corrected chi connectivity index (χ1v) is 8.70. The summed E-state index contributed by atoms with van der Waals surface area (Å²) in [7, 11) is 0. The van der Waals surface area contributed by atoms with E-state index in [9.17, 15) is 27.6 Å². The zero-order valence-electron chi connectivity index (χ0n) is 13.9. The number of carbonyl (C=O) groups excluding carboxylic acids is 3. The van der Waals surface area contributed by atoms with E-state index in [-0.39, 0.29) is 30.1 Å². The Morgan fingerprint density at radius 3 is 2.37 bits per heavy atom. The average molecular weight is 399 g/mol. The highest BCUT2D eigenvalue weighted by atomic mass is 32.1. The number of benzene rings is 1. The Hall–Kier alpha value is -2.88. The second kappa shape index (κ2) is 9.17. The van der Waals surface area contributed by atoms with Gasteiger partial charge in [-0.3, -0.25) is 14.4 Å². The summed E-state index contributed by atoms with van der Waals surface area (Å²) < 4.78 is 36.7. The van der Waals surface area contributed by atoms with Crippen molar-refractivity contribution in [2.24, 2.45) is 0 Å². The molecule has 0 aliphatic heterocycles. The first kappa shape index (κ1) is 20.4. The van der Waals surface area contributed by atoms with Crippen LogP contribution in [0.5, 0.6) is 0 Å². The lowest BCUT2D eigenvalue weighted by molar-refractivity contribution is -0.123. The van der Waals surface area contributed by atoms with E-state index < -0.39 is 24.5 Å². The molecule has 0 bridgehead atoms. The summed E-state index contributed by atoms with van der Waals surface area (Å²) >= 11 is 1.27. The zero-order chi connectivity index (χ0) is 19.9. The van der Waals surface area contributed by atoms with E-state index in [1.165, 1.54) is 35.6 Å². The molecule has 0 atom stereocenters. The summed E-state index contributed by atoms with van der Waals surface area (Å²) in [6, 6.07) is 9.10. The van der Waals surface area contributed by atoms with Gasteiger partial charge < -0.3 is 16.0 Å². The van der Waals surface area contributed by atoms with E-state index in [2.05, 4.69) is 10.6 Å². The second-order valence-electron chi connectivity index (χ2n) is 5.37. The van der Waals surface area contributed by atoms with Crippen LogP contribution in [0.4, 0.5) is 18.9 Å². The molecular weight excluding hydrogens is 383 g/mol. The van der Waals surface area contributed by atoms with Crippen LogP contribution in [0, 0.1) is 0 Å². The molecular formula is C17H16F3N3O3S. The van der Waals surface area contributed by atoms with Crippen LogP contribution in [0.1, 0.15) is 26.5 Å². The van der Waals surface area contributed by atoms with E-state index in [4.69, 9.17) is 0 Å². The van der Waals surface area contributed by atoms with Gasteiger partial charge in [0.2, 0.25) is 5.91 Å². The highest BCUT2D eigenvalue weighted by molar-refractivity contribution is 7.12. The van der Waals surface area contributed by atoms with Crippen molar-refractivity contribution in [2.45, 2.75) is 12.6 Å². The maximum Gasteiger partial charge on any atom is 0.405 e. The fraction of sp³-hybridized carbons (Fsp3) is 0.235. The lowest BCUT2D eigenvalue weighted by Crippen LogP contribution is -2.34. The third kappa shape index (κ3) is 6.74. The quantitative estimate of drug-likeness (QED) is 0.669. The molecule has 144 valence electrons. The molecule has 0 fully saturated rings. The maximum atomic E-state index is 12.2. The molecule has 0 radical (unpaired) electrons. The first-order chi connectivity index (χ1) is 12.8. The number of amides is 3. The Kier molecular flexibility index (Phi) is 6.94. The van der Waals surface area contributed by atoms with Crippen LogP contribution in [-0.4, -0.2) is 37.0 Å². The maximum absolute atomic E-state index is 12.2. The number of hydrogen-bond acceptors (Lipinski definition) is 4. The van der Waals surface area contributed by atoms with Crippen molar-refractivity contribution in [2.75, 3.05) is 18.4 Å². The van der Waals surface area contributed by atoms with Crippen molar-refractivity contribution >= 4 is 34.7 Å². The molecule has 0 saturated carbocycles. The van der Waals surface area contributed by atoms with Crippen molar-refractivity contribution in [1.29, 1.82) is 0 Å². The number of thiophene rings is 1. The smallest absolute Gasteiger partial charge is 0.351 e. The molecule has 27 heavy (non-hydrogen) atoms. The Morgan fingerprint density at radius 1 is 0.963 bits per heavy atom. The SMILES string of the molecule is O=C(CCNC(=O)c1cccs1)Nc1ccccc1C(=O)NCC(F)(F)F. The van der Waals surface area contributed by atoms with E-state index in [0.29, 0.717) is 4.88 Å². The molecule has 3 N–H and O–H groups in total. The van der Waals surface area contributed by atoms with Crippen molar-refractivity contribution in [3.63, 3.8) is 0 Å². The fourth-order valence-corrected chi connectivity index (χ4v) is 2.70. The third-order valence-electron chi connectivity index (χ3n) is 3.28. The van der Waals surface area contributed by atoms with Gasteiger partial charge in [0, 0.05) is 13.0 Å². The molecule has 0 unspecified atom stereocenters. The Balaban J connectivity index is 1.88. The Bertz CT molecular complexity index is 807. The second-order valence-corrected chi connectivity index (χ2v) is 6.32. The third-order valence-corrected chi connectivity index (χ3v) is 4.15. The summed E-state index contributed by atoms with van der Waals surface area (Å²) in [4.78, 5) is 36.2. The normalized spacial score (nSPS) is 10.9. The van der Waals surface area contributed by atoms with Gasteiger partial charge in [-0.05, 0) is 23.6 Å². The van der Waals surface area contributed by atoms with Crippen molar-refractivity contribution in [3.8, 4) is 0 Å². The number of carbonyl (C=O) groups is 3. The van der Waals surface area contributed by atoms with Crippen LogP contribution in [0.25, 0.3) is 0 Å². The molecule has 0 spiro atoms. The summed E-state index contributed by atoms with van der Waals surface area (Å²) in [6.07, 6.45) is -4.59. The van der Waals surface area contributed by atoms with Gasteiger partial charge in [0.05, 0.1) is 16.1 Å². The molecule has 1 aromatic heterocycles. The van der Waals surface area contributed by atoms with E-state index in [1.54, 1.807) is 22.8 Å². The Morgan fingerprint density at radius 2 is 1.70 bits per heavy atom. The summed E-state index contributed by atoms with van der Waals surface area (Å²) in [5, 5.41) is 8.56. The summed E-state index contributed by atoms with van der Waals surface area (Å²) in [5.41, 5.74) is 0.00415. The standard InChI is InChI=1S/C17H16F3N3O3S/c18-17(19,20)10-22-15(25)11-4-1-2-5-12(11)23-14(24)7-8-21-16(26)13-6-3-9-27-13/h1-6,9H,7-8,10H2,(H,21,26)(H,22,25)(H,23,24). The number of rotatable bonds is 7. The number of alkyl halides is 3. The highest BCUT2D eigenvalue weighted by Crippen LogP contribution is 2.17. The van der Waals surface area contributed by atoms with E-state index in [1.807, 2.05) is 0 Å². The molecule has 2 rings (SSSR count). The average Bonchev–Trinajstić information content (AvgIpc) is 3.14. The van der Waals surface area contributed by atoms with Crippen molar-refractivity contribution in [1.82, 2.24) is 10.6 Å². The van der Waals surface area contributed by atoms with Crippen LogP contribution in [0.3, 0.4) is 0 Å². The molecule has 0 aliphatic rings. The minimum absolute atomic E-state index is 0.0599. The van der Waals surface area contributed by atoms with Crippen molar-refractivity contribution < 1.29 is 27.6 Å². The van der Waals surface area contributed by atoms with Crippen LogP contribution in [0.2, 0.25) is 0 Å². The zero-order valence-corrected chi connectivity index (χ0v) is 14.7. The number of anilines is 1. The van der Waals surface area contributed by atoms with E-state index in [0.717, 1.165) is 0 Å². The molecule has 1 aromatic carbocycles. The minimum atomic E-state index is -4.53. The lowest BCUT2D eigenvalue weighted by Gasteiger charge is -2.12. The highest BCUT2D eigenvalue weighted by Gasteiger charge is 2.28. The van der Waals surface area contributed by atoms with Crippen LogP contribution < -0.4 is 16.0 Å². The van der Waals surface area contributed by atoms with Crippen LogP contribution >= 0.6 is 11.3 Å². The first-order valence-electron chi connectivity index (χ1n) is 7.82. The van der Waals surface area contributed by atoms with Crippen LogP contribution in [0.15, 0.2) is 41.8 Å². The molecule has 10 heteroatoms. The molecule has 3 amide bonds. The van der Waals surface area contributed by atoms with Crippen LogP contribution in [-0.2, 0) is 4.79 Å². The molecule has 1 heterocycles. The van der Waals surface area contributed by atoms with Gasteiger partial charge in [0.1, 0.15) is 6.54 Å². The van der Waals surface area contributed by atoms with Crippen molar-refractivity contribution in [3.05, 3.63) is 52.2 Å².